The minimum atomic E-state index is -0.508. The maximum atomic E-state index is 12.2. The van der Waals surface area contributed by atoms with Gasteiger partial charge in [0.25, 0.3) is 0 Å². The van der Waals surface area contributed by atoms with E-state index in [0.717, 1.165) is 11.3 Å². The van der Waals surface area contributed by atoms with Gasteiger partial charge in [-0.25, -0.2) is 0 Å². The molecule has 0 aliphatic rings. The predicted molar refractivity (Wildman–Crippen MR) is 79.6 cm³/mol. The summed E-state index contributed by atoms with van der Waals surface area (Å²) in [5.74, 6) is 2.73. The molecule has 0 bridgehead atoms. The van der Waals surface area contributed by atoms with E-state index in [1.807, 2.05) is 45.0 Å². The Bertz CT molecular complexity index is 468. The van der Waals surface area contributed by atoms with E-state index in [1.54, 1.807) is 6.92 Å². The van der Waals surface area contributed by atoms with Crippen molar-refractivity contribution in [1.82, 2.24) is 0 Å². The van der Waals surface area contributed by atoms with Gasteiger partial charge in [-0.2, -0.15) is 0 Å². The Morgan fingerprint density at radius 1 is 1.25 bits per heavy atom. The lowest BCUT2D eigenvalue weighted by atomic mass is 9.88. The van der Waals surface area contributed by atoms with Gasteiger partial charge in [-0.3, -0.25) is 4.79 Å². The summed E-state index contributed by atoms with van der Waals surface area (Å²) in [6.07, 6.45) is 4.74. The average molecular weight is 274 g/mol. The molecule has 1 aromatic carbocycles. The number of esters is 1. The molecular formula is C17H22O3. The van der Waals surface area contributed by atoms with Crippen LogP contribution in [0.1, 0.15) is 39.2 Å². The van der Waals surface area contributed by atoms with Crippen molar-refractivity contribution in [2.45, 2.75) is 39.7 Å². The van der Waals surface area contributed by atoms with Crippen LogP contribution in [0.5, 0.6) is 5.75 Å². The fourth-order valence-electron chi connectivity index (χ4n) is 2.01. The lowest BCUT2D eigenvalue weighted by Crippen LogP contribution is -2.24. The molecular weight excluding hydrogens is 252 g/mol. The summed E-state index contributed by atoms with van der Waals surface area (Å²) >= 11 is 0. The van der Waals surface area contributed by atoms with E-state index in [9.17, 15) is 4.79 Å². The van der Waals surface area contributed by atoms with Gasteiger partial charge >= 0.3 is 5.97 Å². The molecule has 108 valence electrons. The predicted octanol–water partition coefficient (Wildman–Crippen LogP) is 3.39. The van der Waals surface area contributed by atoms with E-state index in [0.29, 0.717) is 6.61 Å². The molecule has 0 aromatic heterocycles. The molecule has 0 aliphatic carbocycles. The minimum Gasteiger partial charge on any atom is -0.494 e. The largest absolute Gasteiger partial charge is 0.494 e. The Hall–Kier alpha value is -1.95. The molecule has 3 heteroatoms. The van der Waals surface area contributed by atoms with Crippen molar-refractivity contribution in [2.24, 2.45) is 5.92 Å². The number of terminal acetylenes is 1. The summed E-state index contributed by atoms with van der Waals surface area (Å²) in [6.45, 7) is 8.22. The zero-order chi connectivity index (χ0) is 15.1. The number of rotatable bonds is 6. The highest BCUT2D eigenvalue weighted by molar-refractivity contribution is 5.78. The van der Waals surface area contributed by atoms with Crippen molar-refractivity contribution in [3.8, 4) is 18.1 Å². The summed E-state index contributed by atoms with van der Waals surface area (Å²) in [7, 11) is 0. The van der Waals surface area contributed by atoms with Gasteiger partial charge in [-0.1, -0.05) is 31.9 Å². The zero-order valence-corrected chi connectivity index (χ0v) is 12.6. The molecule has 0 saturated heterocycles. The van der Waals surface area contributed by atoms with Gasteiger partial charge in [0.15, 0.2) is 6.10 Å². The van der Waals surface area contributed by atoms with Crippen molar-refractivity contribution in [3.63, 3.8) is 0 Å². The van der Waals surface area contributed by atoms with Crippen LogP contribution < -0.4 is 4.74 Å². The van der Waals surface area contributed by atoms with E-state index in [4.69, 9.17) is 15.9 Å². The van der Waals surface area contributed by atoms with Crippen LogP contribution in [0.15, 0.2) is 24.3 Å². The summed E-state index contributed by atoms with van der Waals surface area (Å²) in [4.78, 5) is 12.2. The van der Waals surface area contributed by atoms with Gasteiger partial charge in [-0.05, 0) is 37.5 Å². The van der Waals surface area contributed by atoms with Crippen LogP contribution in [-0.2, 0) is 9.53 Å². The molecule has 2 unspecified atom stereocenters. The first-order chi connectivity index (χ1) is 9.49. The maximum Gasteiger partial charge on any atom is 0.314 e. The van der Waals surface area contributed by atoms with Crippen LogP contribution in [0.3, 0.4) is 0 Å². The normalized spacial score (nSPS) is 13.4. The quantitative estimate of drug-likeness (QED) is 0.589. The lowest BCUT2D eigenvalue weighted by Gasteiger charge is -2.21. The molecule has 1 rings (SSSR count). The summed E-state index contributed by atoms with van der Waals surface area (Å²) in [6, 6.07) is 7.53. The summed E-state index contributed by atoms with van der Waals surface area (Å²) < 4.78 is 10.6. The SMILES string of the molecule is C#CC(C)OC(=O)C(c1ccc(OCC)cc1)C(C)C. The third kappa shape index (κ3) is 4.31. The Balaban J connectivity index is 2.91. The Kier molecular flexibility index (Phi) is 6.11. The smallest absolute Gasteiger partial charge is 0.314 e. The second kappa shape index (κ2) is 7.59. The molecule has 0 aliphatic heterocycles. The maximum absolute atomic E-state index is 12.2. The average Bonchev–Trinajstić information content (AvgIpc) is 2.40. The number of carbonyl (C=O) groups excluding carboxylic acids is 1. The highest BCUT2D eigenvalue weighted by Crippen LogP contribution is 2.28. The molecule has 0 saturated carbocycles. The fraction of sp³-hybridized carbons (Fsp3) is 0.471. The second-order valence-corrected chi connectivity index (χ2v) is 4.97. The molecule has 20 heavy (non-hydrogen) atoms. The molecule has 0 spiro atoms. The topological polar surface area (TPSA) is 35.5 Å². The van der Waals surface area contributed by atoms with E-state index < -0.39 is 6.10 Å². The van der Waals surface area contributed by atoms with Crippen molar-refractivity contribution >= 4 is 5.97 Å². The van der Waals surface area contributed by atoms with Gasteiger partial charge in [-0.15, -0.1) is 6.42 Å². The number of ether oxygens (including phenoxy) is 2. The molecule has 0 heterocycles. The van der Waals surface area contributed by atoms with Gasteiger partial charge in [0.2, 0.25) is 0 Å². The third-order valence-electron chi connectivity index (χ3n) is 3.00. The molecule has 0 amide bonds. The van der Waals surface area contributed by atoms with Gasteiger partial charge in [0, 0.05) is 0 Å². The highest BCUT2D eigenvalue weighted by Gasteiger charge is 2.26. The zero-order valence-electron chi connectivity index (χ0n) is 12.6. The first kappa shape index (κ1) is 16.1. The fourth-order valence-corrected chi connectivity index (χ4v) is 2.01. The van der Waals surface area contributed by atoms with Crippen LogP contribution in [0.25, 0.3) is 0 Å². The van der Waals surface area contributed by atoms with E-state index in [2.05, 4.69) is 5.92 Å². The molecule has 0 fully saturated rings. The number of hydrogen-bond acceptors (Lipinski definition) is 3. The highest BCUT2D eigenvalue weighted by atomic mass is 16.5. The van der Waals surface area contributed by atoms with Crippen molar-refractivity contribution < 1.29 is 14.3 Å². The second-order valence-electron chi connectivity index (χ2n) is 4.97. The molecule has 2 atom stereocenters. The Labute approximate surface area is 121 Å². The van der Waals surface area contributed by atoms with Crippen LogP contribution in [0, 0.1) is 18.3 Å². The Morgan fingerprint density at radius 2 is 1.85 bits per heavy atom. The molecule has 0 radical (unpaired) electrons. The number of benzene rings is 1. The van der Waals surface area contributed by atoms with Crippen LogP contribution >= 0.6 is 0 Å². The summed E-state index contributed by atoms with van der Waals surface area (Å²) in [5.41, 5.74) is 0.915. The van der Waals surface area contributed by atoms with Gasteiger partial charge < -0.3 is 9.47 Å². The van der Waals surface area contributed by atoms with E-state index >= 15 is 0 Å². The standard InChI is InChI=1S/C17H22O3/c1-6-13(5)20-17(18)16(12(3)4)14-8-10-15(11-9-14)19-7-2/h1,8-13,16H,7H2,2-5H3. The van der Waals surface area contributed by atoms with E-state index in [-0.39, 0.29) is 17.8 Å². The first-order valence-corrected chi connectivity index (χ1v) is 6.89. The lowest BCUT2D eigenvalue weighted by molar-refractivity contribution is -0.148. The van der Waals surface area contributed by atoms with Gasteiger partial charge in [0.05, 0.1) is 12.5 Å². The number of carbonyl (C=O) groups is 1. The molecule has 0 N–H and O–H groups in total. The van der Waals surface area contributed by atoms with Crippen molar-refractivity contribution in [1.29, 1.82) is 0 Å². The van der Waals surface area contributed by atoms with E-state index in [1.165, 1.54) is 0 Å². The molecule has 3 nitrogen and oxygen atoms in total. The third-order valence-corrected chi connectivity index (χ3v) is 3.00. The van der Waals surface area contributed by atoms with Crippen molar-refractivity contribution in [3.05, 3.63) is 29.8 Å². The molecule has 1 aromatic rings. The minimum absolute atomic E-state index is 0.130. The van der Waals surface area contributed by atoms with Crippen LogP contribution in [0.4, 0.5) is 0 Å². The van der Waals surface area contributed by atoms with Crippen LogP contribution in [0.2, 0.25) is 0 Å². The van der Waals surface area contributed by atoms with Gasteiger partial charge in [0.1, 0.15) is 5.75 Å². The number of hydrogen-bond donors (Lipinski definition) is 0. The summed E-state index contributed by atoms with van der Waals surface area (Å²) in [5, 5.41) is 0. The van der Waals surface area contributed by atoms with Crippen molar-refractivity contribution in [2.75, 3.05) is 6.61 Å². The first-order valence-electron chi connectivity index (χ1n) is 6.89. The van der Waals surface area contributed by atoms with Crippen LogP contribution in [-0.4, -0.2) is 18.7 Å². The Morgan fingerprint density at radius 3 is 2.30 bits per heavy atom. The monoisotopic (exact) mass is 274 g/mol.